The van der Waals surface area contributed by atoms with Crippen molar-refractivity contribution in [1.29, 1.82) is 0 Å². The van der Waals surface area contributed by atoms with Gasteiger partial charge in [-0.15, -0.1) is 11.3 Å². The maximum Gasteiger partial charge on any atom is 0.237 e. The molecular formula is C18H24ClN3OS. The van der Waals surface area contributed by atoms with Gasteiger partial charge in [0.05, 0.1) is 16.7 Å². The molecule has 0 aliphatic carbocycles. The zero-order valence-corrected chi connectivity index (χ0v) is 16.0. The summed E-state index contributed by atoms with van der Waals surface area (Å²) in [7, 11) is 0. The molecule has 0 unspecified atom stereocenters. The van der Waals surface area contributed by atoms with E-state index in [9.17, 15) is 4.79 Å². The first-order valence-electron chi connectivity index (χ1n) is 8.10. The zero-order valence-electron chi connectivity index (χ0n) is 14.5. The van der Waals surface area contributed by atoms with Gasteiger partial charge < -0.3 is 5.32 Å². The molecule has 2 rings (SSSR count). The molecule has 0 radical (unpaired) electrons. The quantitative estimate of drug-likeness (QED) is 0.770. The molecule has 0 saturated carbocycles. The van der Waals surface area contributed by atoms with E-state index in [0.29, 0.717) is 17.5 Å². The minimum atomic E-state index is -0.295. The van der Waals surface area contributed by atoms with Crippen LogP contribution in [0, 0.1) is 0 Å². The monoisotopic (exact) mass is 365 g/mol. The van der Waals surface area contributed by atoms with Crippen LogP contribution in [0.2, 0.25) is 5.02 Å². The van der Waals surface area contributed by atoms with Crippen LogP contribution in [-0.4, -0.2) is 16.9 Å². The summed E-state index contributed by atoms with van der Waals surface area (Å²) in [6.07, 6.45) is 0. The molecule has 0 saturated heterocycles. The van der Waals surface area contributed by atoms with Crippen molar-refractivity contribution < 1.29 is 4.79 Å². The number of rotatable bonds is 7. The number of nitrogens with zero attached hydrogens (tertiary/aromatic N) is 1. The van der Waals surface area contributed by atoms with E-state index in [-0.39, 0.29) is 18.0 Å². The summed E-state index contributed by atoms with van der Waals surface area (Å²) in [6, 6.07) is 7.20. The molecule has 0 aliphatic rings. The number of halogens is 1. The van der Waals surface area contributed by atoms with Gasteiger partial charge in [-0.2, -0.15) is 0 Å². The van der Waals surface area contributed by atoms with Crippen LogP contribution in [0.5, 0.6) is 0 Å². The van der Waals surface area contributed by atoms with Crippen LogP contribution in [0.1, 0.15) is 55.9 Å². The highest BCUT2D eigenvalue weighted by Crippen LogP contribution is 2.22. The van der Waals surface area contributed by atoms with Crippen molar-refractivity contribution in [2.24, 2.45) is 0 Å². The van der Waals surface area contributed by atoms with Crippen molar-refractivity contribution in [2.75, 3.05) is 0 Å². The number of hydrogen-bond donors (Lipinski definition) is 2. The largest absolute Gasteiger partial charge is 0.351 e. The van der Waals surface area contributed by atoms with E-state index in [1.165, 1.54) is 0 Å². The summed E-state index contributed by atoms with van der Waals surface area (Å²) in [5.41, 5.74) is 2.01. The first-order chi connectivity index (χ1) is 11.4. The van der Waals surface area contributed by atoms with E-state index in [2.05, 4.69) is 34.8 Å². The van der Waals surface area contributed by atoms with Gasteiger partial charge >= 0.3 is 0 Å². The molecule has 2 N–H and O–H groups in total. The number of aromatic nitrogens is 1. The Kier molecular flexibility index (Phi) is 6.78. The average Bonchev–Trinajstić information content (AvgIpc) is 3.04. The molecule has 1 aromatic heterocycles. The predicted octanol–water partition coefficient (Wildman–Crippen LogP) is 4.28. The lowest BCUT2D eigenvalue weighted by Gasteiger charge is -2.18. The maximum absolute atomic E-state index is 12.2. The van der Waals surface area contributed by atoms with E-state index in [1.807, 2.05) is 38.1 Å². The summed E-state index contributed by atoms with van der Waals surface area (Å²) >= 11 is 7.53. The molecule has 1 amide bonds. The van der Waals surface area contributed by atoms with E-state index in [0.717, 1.165) is 16.3 Å². The topological polar surface area (TPSA) is 54.0 Å². The highest BCUT2D eigenvalue weighted by Gasteiger charge is 2.18. The predicted molar refractivity (Wildman–Crippen MR) is 101 cm³/mol. The number of thiazole rings is 1. The van der Waals surface area contributed by atoms with Crippen molar-refractivity contribution in [2.45, 2.75) is 52.2 Å². The van der Waals surface area contributed by atoms with Gasteiger partial charge in [-0.05, 0) is 31.5 Å². The summed E-state index contributed by atoms with van der Waals surface area (Å²) in [5, 5.41) is 10.1. The second-order valence-corrected chi connectivity index (χ2v) is 7.55. The van der Waals surface area contributed by atoms with Gasteiger partial charge in [0, 0.05) is 28.9 Å². The summed E-state index contributed by atoms with van der Waals surface area (Å²) in [5.74, 6) is 0.396. The molecule has 4 nitrogen and oxygen atoms in total. The SMILES string of the molecule is CC(C)c1nc([C@H](C)N[C@@H](C)C(=O)NCc2ccc(Cl)cc2)cs1. The highest BCUT2D eigenvalue weighted by molar-refractivity contribution is 7.09. The molecule has 0 spiro atoms. The van der Waals surface area contributed by atoms with Gasteiger partial charge in [-0.3, -0.25) is 10.1 Å². The van der Waals surface area contributed by atoms with Gasteiger partial charge in [0.25, 0.3) is 0 Å². The Labute approximate surface area is 152 Å². The average molecular weight is 366 g/mol. The molecule has 1 heterocycles. The molecule has 2 atom stereocenters. The fourth-order valence-electron chi connectivity index (χ4n) is 2.25. The van der Waals surface area contributed by atoms with Crippen LogP contribution >= 0.6 is 22.9 Å². The van der Waals surface area contributed by atoms with Crippen LogP contribution in [-0.2, 0) is 11.3 Å². The van der Waals surface area contributed by atoms with Crippen molar-refractivity contribution in [3.63, 3.8) is 0 Å². The van der Waals surface area contributed by atoms with Gasteiger partial charge in [-0.1, -0.05) is 37.6 Å². The molecule has 0 aliphatic heterocycles. The summed E-state index contributed by atoms with van der Waals surface area (Å²) < 4.78 is 0. The van der Waals surface area contributed by atoms with Gasteiger partial charge in [0.1, 0.15) is 0 Å². The van der Waals surface area contributed by atoms with E-state index in [1.54, 1.807) is 11.3 Å². The van der Waals surface area contributed by atoms with Crippen molar-refractivity contribution in [3.05, 3.63) is 50.9 Å². The summed E-state index contributed by atoms with van der Waals surface area (Å²) in [4.78, 5) is 16.9. The zero-order chi connectivity index (χ0) is 17.7. The fourth-order valence-corrected chi connectivity index (χ4v) is 3.30. The van der Waals surface area contributed by atoms with E-state index < -0.39 is 0 Å². The molecule has 130 valence electrons. The Balaban J connectivity index is 1.84. The lowest BCUT2D eigenvalue weighted by Crippen LogP contribution is -2.42. The molecule has 1 aromatic carbocycles. The van der Waals surface area contributed by atoms with Gasteiger partial charge in [0.2, 0.25) is 5.91 Å². The molecule has 6 heteroatoms. The molecule has 2 aromatic rings. The number of carbonyl (C=O) groups is 1. The molecule has 0 bridgehead atoms. The van der Waals surface area contributed by atoms with Crippen LogP contribution in [0.15, 0.2) is 29.6 Å². The number of hydrogen-bond acceptors (Lipinski definition) is 4. The third-order valence-electron chi connectivity index (χ3n) is 3.75. The van der Waals surface area contributed by atoms with Crippen LogP contribution < -0.4 is 10.6 Å². The standard InChI is InChI=1S/C18H24ClN3OS/c1-11(2)18-22-16(10-24-18)12(3)21-13(4)17(23)20-9-14-5-7-15(19)8-6-14/h5-8,10-13,21H,9H2,1-4H3,(H,20,23)/t12-,13-/m0/s1. The van der Waals surface area contributed by atoms with Crippen LogP contribution in [0.3, 0.4) is 0 Å². The third kappa shape index (κ3) is 5.30. The number of benzene rings is 1. The molecule has 0 fully saturated rings. The first kappa shape index (κ1) is 18.9. The summed E-state index contributed by atoms with van der Waals surface area (Å²) in [6.45, 7) is 8.65. The van der Waals surface area contributed by atoms with Crippen molar-refractivity contribution in [3.8, 4) is 0 Å². The Hall–Kier alpha value is -1.43. The fraction of sp³-hybridized carbons (Fsp3) is 0.444. The highest BCUT2D eigenvalue weighted by atomic mass is 35.5. The Morgan fingerprint density at radius 1 is 1.21 bits per heavy atom. The number of carbonyl (C=O) groups excluding carboxylic acids is 1. The third-order valence-corrected chi connectivity index (χ3v) is 5.17. The number of nitrogens with one attached hydrogen (secondary N) is 2. The Morgan fingerprint density at radius 3 is 2.46 bits per heavy atom. The Morgan fingerprint density at radius 2 is 1.88 bits per heavy atom. The van der Waals surface area contributed by atoms with Gasteiger partial charge in [0.15, 0.2) is 0 Å². The van der Waals surface area contributed by atoms with Crippen LogP contribution in [0.25, 0.3) is 0 Å². The minimum absolute atomic E-state index is 0.0314. The lowest BCUT2D eigenvalue weighted by atomic mass is 10.2. The van der Waals surface area contributed by atoms with Crippen LogP contribution in [0.4, 0.5) is 0 Å². The minimum Gasteiger partial charge on any atom is -0.351 e. The lowest BCUT2D eigenvalue weighted by molar-refractivity contribution is -0.123. The molecular weight excluding hydrogens is 342 g/mol. The number of amides is 1. The van der Waals surface area contributed by atoms with Crippen molar-refractivity contribution >= 4 is 28.8 Å². The van der Waals surface area contributed by atoms with E-state index >= 15 is 0 Å². The second kappa shape index (κ2) is 8.60. The first-order valence-corrected chi connectivity index (χ1v) is 9.36. The smallest absolute Gasteiger partial charge is 0.237 e. The van der Waals surface area contributed by atoms with E-state index in [4.69, 9.17) is 11.6 Å². The van der Waals surface area contributed by atoms with Gasteiger partial charge in [-0.25, -0.2) is 4.98 Å². The maximum atomic E-state index is 12.2. The van der Waals surface area contributed by atoms with Crippen molar-refractivity contribution in [1.82, 2.24) is 15.6 Å². The molecule has 24 heavy (non-hydrogen) atoms. The second-order valence-electron chi connectivity index (χ2n) is 6.22. The normalized spacial score (nSPS) is 13.8. The Bertz CT molecular complexity index is 669.